The van der Waals surface area contributed by atoms with Gasteiger partial charge in [0.2, 0.25) is 0 Å². The molecule has 1 unspecified atom stereocenters. The minimum Gasteiger partial charge on any atom is -0.493 e. The quantitative estimate of drug-likeness (QED) is 0.662. The highest BCUT2D eigenvalue weighted by atomic mass is 19.1. The fraction of sp³-hybridized carbons (Fsp3) is 0.400. The fourth-order valence-corrected chi connectivity index (χ4v) is 1.58. The maximum absolute atomic E-state index is 12.9. The molecular weight excluding hydrogens is 169 g/mol. The topological polar surface area (TPSA) is 35.2 Å². The molecule has 0 spiro atoms. The van der Waals surface area contributed by atoms with Gasteiger partial charge in [0.1, 0.15) is 11.6 Å². The third-order valence-corrected chi connectivity index (χ3v) is 2.44. The molecular formula is C10H12FNO. The molecule has 70 valence electrons. The van der Waals surface area contributed by atoms with E-state index >= 15 is 0 Å². The highest BCUT2D eigenvalue weighted by Gasteiger charge is 2.29. The summed E-state index contributed by atoms with van der Waals surface area (Å²) in [6.45, 7) is 2.50. The molecule has 0 aliphatic carbocycles. The Balaban J connectivity index is 2.55. The molecule has 1 aromatic rings. The Hall–Kier alpha value is -1.09. The van der Waals surface area contributed by atoms with Gasteiger partial charge in [-0.2, -0.15) is 0 Å². The normalized spacial score (nSPS) is 26.4. The molecule has 0 bridgehead atoms. The van der Waals surface area contributed by atoms with Gasteiger partial charge < -0.3 is 10.5 Å². The smallest absolute Gasteiger partial charge is 0.124 e. The Kier molecular flexibility index (Phi) is 1.77. The van der Waals surface area contributed by atoms with Gasteiger partial charge in [0.15, 0.2) is 0 Å². The highest BCUT2D eigenvalue weighted by Crippen LogP contribution is 2.34. The molecule has 0 saturated heterocycles. The molecule has 2 rings (SSSR count). The van der Waals surface area contributed by atoms with Crippen LogP contribution in [-0.2, 0) is 5.54 Å². The third-order valence-electron chi connectivity index (χ3n) is 2.44. The third kappa shape index (κ3) is 1.40. The van der Waals surface area contributed by atoms with Crippen molar-refractivity contribution in [3.05, 3.63) is 29.6 Å². The number of hydrogen-bond acceptors (Lipinski definition) is 2. The molecule has 2 N–H and O–H groups in total. The first-order valence-electron chi connectivity index (χ1n) is 4.31. The summed E-state index contributed by atoms with van der Waals surface area (Å²) in [7, 11) is 0. The predicted molar refractivity (Wildman–Crippen MR) is 48.1 cm³/mol. The van der Waals surface area contributed by atoms with E-state index in [9.17, 15) is 4.39 Å². The molecule has 0 fully saturated rings. The molecule has 13 heavy (non-hydrogen) atoms. The van der Waals surface area contributed by atoms with Gasteiger partial charge in [-0.1, -0.05) is 0 Å². The molecule has 2 nitrogen and oxygen atoms in total. The molecule has 0 aromatic heterocycles. The predicted octanol–water partition coefficient (Wildman–Crippen LogP) is 1.78. The SMILES string of the molecule is CC1(N)CCOc2ccc(F)cc21. The van der Waals surface area contributed by atoms with E-state index in [0.717, 1.165) is 12.0 Å². The zero-order valence-electron chi connectivity index (χ0n) is 7.51. The second kappa shape index (κ2) is 2.70. The first kappa shape index (κ1) is 8.51. The van der Waals surface area contributed by atoms with Crippen LogP contribution >= 0.6 is 0 Å². The van der Waals surface area contributed by atoms with Gasteiger partial charge in [0, 0.05) is 17.5 Å². The van der Waals surface area contributed by atoms with Gasteiger partial charge in [-0.25, -0.2) is 4.39 Å². The molecule has 1 heterocycles. The van der Waals surface area contributed by atoms with Gasteiger partial charge in [-0.15, -0.1) is 0 Å². The van der Waals surface area contributed by atoms with E-state index in [0.29, 0.717) is 12.4 Å². The number of fused-ring (bicyclic) bond motifs is 1. The van der Waals surface area contributed by atoms with Gasteiger partial charge in [-0.05, 0) is 25.1 Å². The van der Waals surface area contributed by atoms with Crippen molar-refractivity contribution in [2.45, 2.75) is 18.9 Å². The molecule has 3 heteroatoms. The number of ether oxygens (including phenoxy) is 1. The summed E-state index contributed by atoms with van der Waals surface area (Å²) in [5.74, 6) is 0.443. The summed E-state index contributed by atoms with van der Waals surface area (Å²) in [5, 5.41) is 0. The first-order chi connectivity index (χ1) is 6.09. The van der Waals surface area contributed by atoms with Gasteiger partial charge in [-0.3, -0.25) is 0 Å². The molecule has 1 aliphatic rings. The van der Waals surface area contributed by atoms with E-state index in [1.54, 1.807) is 6.07 Å². The van der Waals surface area contributed by atoms with Crippen LogP contribution in [-0.4, -0.2) is 6.61 Å². The number of hydrogen-bond donors (Lipinski definition) is 1. The summed E-state index contributed by atoms with van der Waals surface area (Å²) in [6.07, 6.45) is 0.726. The van der Waals surface area contributed by atoms with Crippen molar-refractivity contribution in [3.63, 3.8) is 0 Å². The summed E-state index contributed by atoms with van der Waals surface area (Å²) >= 11 is 0. The summed E-state index contributed by atoms with van der Waals surface area (Å²) < 4.78 is 18.3. The van der Waals surface area contributed by atoms with Crippen LogP contribution in [0.2, 0.25) is 0 Å². The van der Waals surface area contributed by atoms with Crippen molar-refractivity contribution in [2.75, 3.05) is 6.61 Å². The van der Waals surface area contributed by atoms with Crippen molar-refractivity contribution in [1.29, 1.82) is 0 Å². The van der Waals surface area contributed by atoms with Crippen LogP contribution in [0.5, 0.6) is 5.75 Å². The van der Waals surface area contributed by atoms with Gasteiger partial charge >= 0.3 is 0 Å². The Labute approximate surface area is 76.5 Å². The lowest BCUT2D eigenvalue weighted by Gasteiger charge is -2.32. The van der Waals surface area contributed by atoms with Crippen LogP contribution < -0.4 is 10.5 Å². The standard InChI is InChI=1S/C10H12FNO/c1-10(12)4-5-13-9-3-2-7(11)6-8(9)10/h2-3,6H,4-5,12H2,1H3. The number of nitrogens with two attached hydrogens (primary N) is 1. The average Bonchev–Trinajstić information content (AvgIpc) is 2.06. The number of benzene rings is 1. The molecule has 1 atom stereocenters. The van der Waals surface area contributed by atoms with Crippen molar-refractivity contribution in [1.82, 2.24) is 0 Å². The van der Waals surface area contributed by atoms with E-state index < -0.39 is 5.54 Å². The van der Waals surface area contributed by atoms with Crippen molar-refractivity contribution in [2.24, 2.45) is 5.73 Å². The number of rotatable bonds is 0. The second-order valence-electron chi connectivity index (χ2n) is 3.66. The lowest BCUT2D eigenvalue weighted by Crippen LogP contribution is -2.38. The minimum absolute atomic E-state index is 0.263. The van der Waals surface area contributed by atoms with Gasteiger partial charge in [0.25, 0.3) is 0 Å². The minimum atomic E-state index is -0.463. The molecule has 1 aromatic carbocycles. The van der Waals surface area contributed by atoms with Gasteiger partial charge in [0.05, 0.1) is 6.61 Å². The summed E-state index contributed by atoms with van der Waals surface area (Å²) in [4.78, 5) is 0. The van der Waals surface area contributed by atoms with Crippen LogP contribution in [0.4, 0.5) is 4.39 Å². The van der Waals surface area contributed by atoms with Crippen molar-refractivity contribution < 1.29 is 9.13 Å². The summed E-state index contributed by atoms with van der Waals surface area (Å²) in [6, 6.07) is 4.48. The molecule has 0 saturated carbocycles. The maximum atomic E-state index is 12.9. The molecule has 0 radical (unpaired) electrons. The zero-order chi connectivity index (χ0) is 9.47. The van der Waals surface area contributed by atoms with Crippen LogP contribution in [0.15, 0.2) is 18.2 Å². The maximum Gasteiger partial charge on any atom is 0.124 e. The number of halogens is 1. The lowest BCUT2D eigenvalue weighted by molar-refractivity contribution is 0.226. The summed E-state index contributed by atoms with van der Waals surface area (Å²) in [5.41, 5.74) is 6.31. The highest BCUT2D eigenvalue weighted by molar-refractivity contribution is 5.40. The van der Waals surface area contributed by atoms with Crippen molar-refractivity contribution >= 4 is 0 Å². The second-order valence-corrected chi connectivity index (χ2v) is 3.66. The lowest BCUT2D eigenvalue weighted by atomic mass is 9.87. The van der Waals surface area contributed by atoms with Crippen molar-refractivity contribution in [3.8, 4) is 5.75 Å². The van der Waals surface area contributed by atoms with E-state index in [2.05, 4.69) is 0 Å². The van der Waals surface area contributed by atoms with Crippen LogP contribution in [0, 0.1) is 5.82 Å². The first-order valence-corrected chi connectivity index (χ1v) is 4.31. The van der Waals surface area contributed by atoms with Crippen LogP contribution in [0.1, 0.15) is 18.9 Å². The largest absolute Gasteiger partial charge is 0.493 e. The Morgan fingerprint density at radius 3 is 3.08 bits per heavy atom. The van der Waals surface area contributed by atoms with E-state index in [1.165, 1.54) is 12.1 Å². The molecule has 1 aliphatic heterocycles. The molecule has 0 amide bonds. The van der Waals surface area contributed by atoms with E-state index in [4.69, 9.17) is 10.5 Å². The Morgan fingerprint density at radius 2 is 2.31 bits per heavy atom. The zero-order valence-corrected chi connectivity index (χ0v) is 7.51. The van der Waals surface area contributed by atoms with E-state index in [1.807, 2.05) is 6.92 Å². The Morgan fingerprint density at radius 1 is 1.54 bits per heavy atom. The Bertz CT molecular complexity index is 336. The fourth-order valence-electron chi connectivity index (χ4n) is 1.58. The van der Waals surface area contributed by atoms with Crippen LogP contribution in [0.3, 0.4) is 0 Å². The average molecular weight is 181 g/mol. The monoisotopic (exact) mass is 181 g/mol. The van der Waals surface area contributed by atoms with E-state index in [-0.39, 0.29) is 5.82 Å². The van der Waals surface area contributed by atoms with Crippen LogP contribution in [0.25, 0.3) is 0 Å².